The van der Waals surface area contributed by atoms with Crippen LogP contribution in [0.1, 0.15) is 43.4 Å². The Hall–Kier alpha value is -3.56. The number of amides is 2. The third kappa shape index (κ3) is 10.3. The number of anilines is 1. The van der Waals surface area contributed by atoms with Gasteiger partial charge in [-0.25, -0.2) is 8.42 Å². The van der Waals surface area contributed by atoms with Crippen molar-refractivity contribution >= 4 is 39.1 Å². The number of ether oxygens (including phenoxy) is 1. The van der Waals surface area contributed by atoms with E-state index in [0.717, 1.165) is 22.9 Å². The van der Waals surface area contributed by atoms with E-state index in [2.05, 4.69) is 5.32 Å². The van der Waals surface area contributed by atoms with Crippen molar-refractivity contribution in [1.29, 1.82) is 0 Å². The SMILES string of the molecule is COc1ccc(N(CCCC(=O)N(Cc2cccc(C)c2)[C@@H](Cc2ccccc2)C(=O)NCC(C)C)S(C)(=O)=O)cc1Cl. The first-order valence-corrected chi connectivity index (χ1v) is 16.6. The molecule has 0 bridgehead atoms. The fourth-order valence-electron chi connectivity index (χ4n) is 4.80. The predicted octanol–water partition coefficient (Wildman–Crippen LogP) is 5.62. The number of rotatable bonds is 15. The van der Waals surface area contributed by atoms with Crippen molar-refractivity contribution in [3.8, 4) is 5.75 Å². The highest BCUT2D eigenvalue weighted by Gasteiger charge is 2.30. The summed E-state index contributed by atoms with van der Waals surface area (Å²) >= 11 is 6.27. The summed E-state index contributed by atoms with van der Waals surface area (Å²) in [6.45, 7) is 6.82. The van der Waals surface area contributed by atoms with Gasteiger partial charge < -0.3 is 15.0 Å². The Morgan fingerprint density at radius 2 is 1.67 bits per heavy atom. The average Bonchev–Trinajstić information content (AvgIpc) is 2.95. The van der Waals surface area contributed by atoms with Crippen molar-refractivity contribution in [1.82, 2.24) is 10.2 Å². The molecule has 0 aliphatic heterocycles. The number of hydrogen-bond donors (Lipinski definition) is 1. The average molecular weight is 628 g/mol. The largest absolute Gasteiger partial charge is 0.495 e. The molecule has 0 heterocycles. The minimum Gasteiger partial charge on any atom is -0.495 e. The van der Waals surface area contributed by atoms with Gasteiger partial charge >= 0.3 is 0 Å². The zero-order valence-corrected chi connectivity index (χ0v) is 27.1. The van der Waals surface area contributed by atoms with E-state index in [1.54, 1.807) is 17.0 Å². The highest BCUT2D eigenvalue weighted by atomic mass is 35.5. The number of halogens is 1. The van der Waals surface area contributed by atoms with Gasteiger partial charge in [-0.15, -0.1) is 0 Å². The van der Waals surface area contributed by atoms with Gasteiger partial charge in [0.2, 0.25) is 21.8 Å². The molecule has 232 valence electrons. The van der Waals surface area contributed by atoms with Gasteiger partial charge in [-0.05, 0) is 48.6 Å². The third-order valence-corrected chi connectivity index (χ3v) is 8.46. The third-order valence-electron chi connectivity index (χ3n) is 6.97. The van der Waals surface area contributed by atoms with E-state index < -0.39 is 16.1 Å². The normalized spacial score (nSPS) is 12.1. The second kappa shape index (κ2) is 15.8. The van der Waals surface area contributed by atoms with Gasteiger partial charge in [0, 0.05) is 32.5 Å². The molecule has 0 saturated carbocycles. The molecule has 0 aliphatic rings. The fraction of sp³-hybridized carbons (Fsp3) is 0.394. The van der Waals surface area contributed by atoms with Gasteiger partial charge in [-0.1, -0.05) is 85.6 Å². The van der Waals surface area contributed by atoms with Crippen LogP contribution in [-0.4, -0.2) is 57.6 Å². The lowest BCUT2D eigenvalue weighted by molar-refractivity contribution is -0.141. The summed E-state index contributed by atoms with van der Waals surface area (Å²) in [5.41, 5.74) is 3.28. The summed E-state index contributed by atoms with van der Waals surface area (Å²) in [6.07, 6.45) is 1.75. The minimum absolute atomic E-state index is 0.0461. The molecule has 1 atom stereocenters. The molecule has 0 fully saturated rings. The van der Waals surface area contributed by atoms with Crippen LogP contribution in [0.5, 0.6) is 5.75 Å². The molecule has 3 aromatic carbocycles. The van der Waals surface area contributed by atoms with Gasteiger partial charge in [0.1, 0.15) is 11.8 Å². The van der Waals surface area contributed by atoms with Crippen molar-refractivity contribution < 1.29 is 22.7 Å². The number of methoxy groups -OCH3 is 1. The lowest BCUT2D eigenvalue weighted by Crippen LogP contribution is -2.51. The Kier molecular flexibility index (Phi) is 12.5. The Morgan fingerprint density at radius 1 is 0.977 bits per heavy atom. The maximum absolute atomic E-state index is 14.0. The van der Waals surface area contributed by atoms with Crippen molar-refractivity contribution in [3.63, 3.8) is 0 Å². The molecule has 43 heavy (non-hydrogen) atoms. The molecule has 0 aliphatic carbocycles. The van der Waals surface area contributed by atoms with Gasteiger partial charge in [-0.2, -0.15) is 0 Å². The Balaban J connectivity index is 1.89. The molecule has 3 rings (SSSR count). The Labute approximate surface area is 261 Å². The van der Waals surface area contributed by atoms with Gasteiger partial charge in [0.05, 0.1) is 24.1 Å². The van der Waals surface area contributed by atoms with Crippen LogP contribution < -0.4 is 14.4 Å². The van der Waals surface area contributed by atoms with Crippen molar-refractivity contribution in [3.05, 3.63) is 94.5 Å². The summed E-state index contributed by atoms with van der Waals surface area (Å²) < 4.78 is 31.8. The van der Waals surface area contributed by atoms with Crippen LogP contribution in [0, 0.1) is 12.8 Å². The number of carbonyl (C=O) groups is 2. The maximum atomic E-state index is 14.0. The van der Waals surface area contributed by atoms with Crippen LogP contribution in [0.2, 0.25) is 5.02 Å². The number of nitrogens with one attached hydrogen (secondary N) is 1. The van der Waals surface area contributed by atoms with E-state index in [-0.39, 0.29) is 48.7 Å². The first-order chi connectivity index (χ1) is 20.4. The molecule has 0 aromatic heterocycles. The van der Waals surface area contributed by atoms with Gasteiger partial charge in [-0.3, -0.25) is 13.9 Å². The summed E-state index contributed by atoms with van der Waals surface area (Å²) in [7, 11) is -2.18. The first kappa shape index (κ1) is 33.9. The van der Waals surface area contributed by atoms with Crippen LogP contribution in [0.25, 0.3) is 0 Å². The molecule has 0 radical (unpaired) electrons. The van der Waals surface area contributed by atoms with Gasteiger partial charge in [0.15, 0.2) is 0 Å². The quantitative estimate of drug-likeness (QED) is 0.236. The fourth-order valence-corrected chi connectivity index (χ4v) is 6.01. The number of benzene rings is 3. The zero-order valence-electron chi connectivity index (χ0n) is 25.5. The number of nitrogens with zero attached hydrogens (tertiary/aromatic N) is 2. The smallest absolute Gasteiger partial charge is 0.243 e. The molecule has 3 aromatic rings. The van der Waals surface area contributed by atoms with E-state index >= 15 is 0 Å². The molecule has 1 N–H and O–H groups in total. The number of carbonyl (C=O) groups excluding carboxylic acids is 2. The maximum Gasteiger partial charge on any atom is 0.243 e. The molecule has 10 heteroatoms. The summed E-state index contributed by atoms with van der Waals surface area (Å²) in [5, 5.41) is 3.30. The molecular weight excluding hydrogens is 586 g/mol. The van der Waals surface area contributed by atoms with Crippen LogP contribution >= 0.6 is 11.6 Å². The van der Waals surface area contributed by atoms with Gasteiger partial charge in [0.25, 0.3) is 0 Å². The van der Waals surface area contributed by atoms with Crippen LogP contribution in [0.4, 0.5) is 5.69 Å². The van der Waals surface area contributed by atoms with Crippen LogP contribution in [-0.2, 0) is 32.6 Å². The second-order valence-electron chi connectivity index (χ2n) is 11.1. The lowest BCUT2D eigenvalue weighted by Gasteiger charge is -2.32. The molecule has 2 amide bonds. The monoisotopic (exact) mass is 627 g/mol. The molecule has 0 spiro atoms. The summed E-state index contributed by atoms with van der Waals surface area (Å²) in [4.78, 5) is 29.2. The summed E-state index contributed by atoms with van der Waals surface area (Å²) in [5.74, 6) is 0.226. The lowest BCUT2D eigenvalue weighted by atomic mass is 10.0. The van der Waals surface area contributed by atoms with Crippen LogP contribution in [0.15, 0.2) is 72.8 Å². The van der Waals surface area contributed by atoms with Crippen LogP contribution in [0.3, 0.4) is 0 Å². The standard InChI is InChI=1S/C33H42ClN3O5S/c1-24(2)22-35-33(39)30(20-26-12-7-6-8-13-26)36(23-27-14-9-11-25(3)19-27)32(38)15-10-18-37(43(5,40)41)28-16-17-31(42-4)29(34)21-28/h6-9,11-14,16-17,19,21,24,30H,10,15,18,20,22-23H2,1-5H3,(H,35,39)/t30-/m0/s1. The number of sulfonamides is 1. The second-order valence-corrected chi connectivity index (χ2v) is 13.4. The highest BCUT2D eigenvalue weighted by molar-refractivity contribution is 7.92. The number of aryl methyl sites for hydroxylation is 1. The number of hydrogen-bond acceptors (Lipinski definition) is 5. The van der Waals surface area contributed by atoms with Crippen molar-refractivity contribution in [2.75, 3.05) is 30.8 Å². The van der Waals surface area contributed by atoms with E-state index in [9.17, 15) is 18.0 Å². The molecule has 8 nitrogen and oxygen atoms in total. The van der Waals surface area contributed by atoms with E-state index in [4.69, 9.17) is 16.3 Å². The summed E-state index contributed by atoms with van der Waals surface area (Å²) in [6, 6.07) is 21.5. The van der Waals surface area contributed by atoms with E-state index in [0.29, 0.717) is 24.4 Å². The minimum atomic E-state index is -3.67. The van der Waals surface area contributed by atoms with Crippen molar-refractivity contribution in [2.45, 2.75) is 52.6 Å². The van der Waals surface area contributed by atoms with Crippen molar-refractivity contribution in [2.24, 2.45) is 5.92 Å². The first-order valence-electron chi connectivity index (χ1n) is 14.4. The van der Waals surface area contributed by atoms with E-state index in [1.165, 1.54) is 17.5 Å². The topological polar surface area (TPSA) is 96.0 Å². The highest BCUT2D eigenvalue weighted by Crippen LogP contribution is 2.30. The molecule has 0 unspecified atom stereocenters. The molecular formula is C33H42ClN3O5S. The predicted molar refractivity (Wildman–Crippen MR) is 173 cm³/mol. The Morgan fingerprint density at radius 3 is 2.28 bits per heavy atom. The Bertz CT molecular complexity index is 1480. The molecule has 0 saturated heterocycles. The zero-order chi connectivity index (χ0) is 31.6. The van der Waals surface area contributed by atoms with E-state index in [1.807, 2.05) is 75.4 Å².